The van der Waals surface area contributed by atoms with Crippen LogP contribution in [0, 0.1) is 6.92 Å². The van der Waals surface area contributed by atoms with E-state index in [4.69, 9.17) is 16.3 Å². The van der Waals surface area contributed by atoms with Crippen LogP contribution >= 0.6 is 11.6 Å². The molecule has 9 nitrogen and oxygen atoms in total. The normalized spacial score (nSPS) is 11.5. The third-order valence-corrected chi connectivity index (χ3v) is 9.24. The number of amides is 1. The number of ether oxygens (including phenoxy) is 1. The maximum Gasteiger partial charge on any atom is 0.264 e. The van der Waals surface area contributed by atoms with E-state index in [2.05, 4.69) is 10.0 Å². The number of aryl methyl sites for hydroxylation is 1. The van der Waals surface area contributed by atoms with E-state index in [0.717, 1.165) is 9.87 Å². The highest BCUT2D eigenvalue weighted by atomic mass is 35.5. The van der Waals surface area contributed by atoms with Crippen LogP contribution in [0.4, 0.5) is 17.1 Å². The van der Waals surface area contributed by atoms with E-state index in [1.807, 2.05) is 6.92 Å². The van der Waals surface area contributed by atoms with Gasteiger partial charge < -0.3 is 10.1 Å². The molecule has 0 atom stereocenters. The standard InChI is InChI=1S/C28H26ClN3O6S2/c1-20-3-11-24(12-4-20)32(40(36,37)27-15-5-21(29)6-16-27)19-28(33)30-22-9-17-26(18-10-22)39(34,35)31-23-7-13-25(38-2)14-8-23/h3-18,31H,19H2,1-2H3,(H,30,33). The molecule has 0 heterocycles. The van der Waals surface area contributed by atoms with Crippen molar-refractivity contribution in [2.45, 2.75) is 16.7 Å². The van der Waals surface area contributed by atoms with Crippen molar-refractivity contribution in [2.24, 2.45) is 0 Å². The molecule has 0 unspecified atom stereocenters. The van der Waals surface area contributed by atoms with Gasteiger partial charge in [0.2, 0.25) is 5.91 Å². The Hall–Kier alpha value is -4.06. The van der Waals surface area contributed by atoms with E-state index in [0.29, 0.717) is 27.8 Å². The van der Waals surface area contributed by atoms with E-state index in [1.54, 1.807) is 48.5 Å². The minimum atomic E-state index is -4.11. The van der Waals surface area contributed by atoms with Gasteiger partial charge in [-0.1, -0.05) is 29.3 Å². The number of benzene rings is 4. The van der Waals surface area contributed by atoms with E-state index >= 15 is 0 Å². The molecule has 0 aliphatic carbocycles. The topological polar surface area (TPSA) is 122 Å². The second-order valence-corrected chi connectivity index (χ2v) is 12.7. The van der Waals surface area contributed by atoms with Crippen molar-refractivity contribution < 1.29 is 26.4 Å². The maximum absolute atomic E-state index is 13.5. The molecular formula is C28H26ClN3O6S2. The molecule has 40 heavy (non-hydrogen) atoms. The van der Waals surface area contributed by atoms with Crippen molar-refractivity contribution in [3.8, 4) is 5.75 Å². The summed E-state index contributed by atoms with van der Waals surface area (Å²) in [5.41, 5.74) is 1.88. The number of hydrogen-bond donors (Lipinski definition) is 2. The van der Waals surface area contributed by atoms with E-state index in [-0.39, 0.29) is 9.79 Å². The van der Waals surface area contributed by atoms with Crippen molar-refractivity contribution in [2.75, 3.05) is 28.0 Å². The molecule has 0 radical (unpaired) electrons. The monoisotopic (exact) mass is 599 g/mol. The highest BCUT2D eigenvalue weighted by Crippen LogP contribution is 2.26. The van der Waals surface area contributed by atoms with Gasteiger partial charge in [-0.3, -0.25) is 13.8 Å². The van der Waals surface area contributed by atoms with Gasteiger partial charge in [0.05, 0.1) is 22.6 Å². The largest absolute Gasteiger partial charge is 0.497 e. The van der Waals surface area contributed by atoms with Gasteiger partial charge in [0, 0.05) is 16.4 Å². The summed E-state index contributed by atoms with van der Waals surface area (Å²) in [6.07, 6.45) is 0. The average molecular weight is 600 g/mol. The van der Waals surface area contributed by atoms with Gasteiger partial charge in [-0.2, -0.15) is 0 Å². The van der Waals surface area contributed by atoms with Gasteiger partial charge in [-0.25, -0.2) is 16.8 Å². The Bertz CT molecular complexity index is 1690. The number of rotatable bonds is 10. The molecule has 12 heteroatoms. The molecule has 4 aromatic carbocycles. The average Bonchev–Trinajstić information content (AvgIpc) is 2.93. The zero-order chi connectivity index (χ0) is 28.9. The van der Waals surface area contributed by atoms with Gasteiger partial charge >= 0.3 is 0 Å². The summed E-state index contributed by atoms with van der Waals surface area (Å²) < 4.78 is 61.1. The quantitative estimate of drug-likeness (QED) is 0.255. The van der Waals surface area contributed by atoms with Crippen molar-refractivity contribution in [1.29, 1.82) is 0 Å². The zero-order valence-electron chi connectivity index (χ0n) is 21.5. The van der Waals surface area contributed by atoms with Crippen molar-refractivity contribution >= 4 is 54.6 Å². The number of nitrogens with one attached hydrogen (secondary N) is 2. The molecule has 208 valence electrons. The van der Waals surface area contributed by atoms with Gasteiger partial charge in [0.1, 0.15) is 12.3 Å². The molecule has 0 saturated heterocycles. The third kappa shape index (κ3) is 6.92. The number of hydrogen-bond acceptors (Lipinski definition) is 6. The number of anilines is 3. The highest BCUT2D eigenvalue weighted by Gasteiger charge is 2.27. The van der Waals surface area contributed by atoms with Crippen LogP contribution in [0.25, 0.3) is 0 Å². The van der Waals surface area contributed by atoms with Crippen molar-refractivity contribution in [3.63, 3.8) is 0 Å². The number of carbonyl (C=O) groups excluding carboxylic acids is 1. The lowest BCUT2D eigenvalue weighted by molar-refractivity contribution is -0.114. The van der Waals surface area contributed by atoms with Crippen LogP contribution in [0.15, 0.2) is 107 Å². The Morgan fingerprint density at radius 3 is 1.90 bits per heavy atom. The number of nitrogens with zero attached hydrogens (tertiary/aromatic N) is 1. The van der Waals surface area contributed by atoms with Crippen LogP contribution in [0.1, 0.15) is 5.56 Å². The van der Waals surface area contributed by atoms with E-state index in [1.165, 1.54) is 55.6 Å². The summed E-state index contributed by atoms with van der Waals surface area (Å²) in [5.74, 6) is -0.0324. The first-order chi connectivity index (χ1) is 19.0. The van der Waals surface area contributed by atoms with Crippen LogP contribution in [0.5, 0.6) is 5.75 Å². The molecule has 0 aliphatic heterocycles. The number of carbonyl (C=O) groups is 1. The Morgan fingerprint density at radius 2 is 1.32 bits per heavy atom. The molecule has 2 N–H and O–H groups in total. The molecule has 0 fully saturated rings. The van der Waals surface area contributed by atoms with E-state index < -0.39 is 32.5 Å². The summed E-state index contributed by atoms with van der Waals surface area (Å²) in [5, 5.41) is 3.01. The van der Waals surface area contributed by atoms with Crippen molar-refractivity contribution in [3.05, 3.63) is 108 Å². The highest BCUT2D eigenvalue weighted by molar-refractivity contribution is 7.93. The SMILES string of the molecule is COc1ccc(NS(=O)(=O)c2ccc(NC(=O)CN(c3ccc(C)cc3)S(=O)(=O)c3ccc(Cl)cc3)cc2)cc1. The van der Waals surface area contributed by atoms with Gasteiger partial charge in [-0.05, 0) is 91.9 Å². The second-order valence-electron chi connectivity index (χ2n) is 8.71. The second kappa shape index (κ2) is 12.0. The molecule has 0 bridgehead atoms. The smallest absolute Gasteiger partial charge is 0.264 e. The molecule has 0 spiro atoms. The minimum Gasteiger partial charge on any atom is -0.497 e. The Morgan fingerprint density at radius 1 is 0.775 bits per heavy atom. The fourth-order valence-corrected chi connectivity index (χ4v) is 6.29. The molecule has 1 amide bonds. The lowest BCUT2D eigenvalue weighted by atomic mass is 10.2. The first-order valence-corrected chi connectivity index (χ1v) is 15.2. The fraction of sp³-hybridized carbons (Fsp3) is 0.107. The van der Waals surface area contributed by atoms with Crippen LogP contribution in [0.3, 0.4) is 0 Å². The van der Waals surface area contributed by atoms with Crippen LogP contribution in [-0.2, 0) is 24.8 Å². The lowest BCUT2D eigenvalue weighted by Crippen LogP contribution is -2.38. The van der Waals surface area contributed by atoms with Crippen LogP contribution in [-0.4, -0.2) is 36.4 Å². The molecule has 0 aliphatic rings. The van der Waals surface area contributed by atoms with Crippen molar-refractivity contribution in [1.82, 2.24) is 0 Å². The summed E-state index contributed by atoms with van der Waals surface area (Å²) in [4.78, 5) is 12.9. The fourth-order valence-electron chi connectivity index (χ4n) is 3.68. The van der Waals surface area contributed by atoms with Gasteiger partial charge in [0.25, 0.3) is 20.0 Å². The predicted molar refractivity (Wildman–Crippen MR) is 156 cm³/mol. The summed E-state index contributed by atoms with van der Waals surface area (Å²) >= 11 is 5.92. The lowest BCUT2D eigenvalue weighted by Gasteiger charge is -2.24. The molecule has 0 aromatic heterocycles. The Balaban J connectivity index is 1.51. The summed E-state index contributed by atoms with van der Waals surface area (Å²) in [6.45, 7) is 1.35. The first kappa shape index (κ1) is 28.9. The van der Waals surface area contributed by atoms with E-state index in [9.17, 15) is 21.6 Å². The Labute approximate surface area is 238 Å². The third-order valence-electron chi connectivity index (χ3n) is 5.80. The maximum atomic E-state index is 13.5. The number of sulfonamides is 2. The molecular weight excluding hydrogens is 574 g/mol. The molecule has 0 saturated carbocycles. The van der Waals surface area contributed by atoms with Crippen LogP contribution in [0.2, 0.25) is 5.02 Å². The van der Waals surface area contributed by atoms with Gasteiger partial charge in [0.15, 0.2) is 0 Å². The van der Waals surface area contributed by atoms with Gasteiger partial charge in [-0.15, -0.1) is 0 Å². The summed E-state index contributed by atoms with van der Waals surface area (Å²) in [7, 11) is -6.49. The minimum absolute atomic E-state index is 0.0204. The Kier molecular flexibility index (Phi) is 8.67. The zero-order valence-corrected chi connectivity index (χ0v) is 23.9. The predicted octanol–water partition coefficient (Wildman–Crippen LogP) is 5.29. The molecule has 4 rings (SSSR count). The van der Waals surface area contributed by atoms with Crippen LogP contribution < -0.4 is 19.1 Å². The number of methoxy groups -OCH3 is 1. The number of halogens is 1. The summed E-state index contributed by atoms with van der Waals surface area (Å²) in [6, 6.07) is 24.3. The first-order valence-electron chi connectivity index (χ1n) is 11.9. The molecule has 4 aromatic rings.